The normalized spacial score (nSPS) is 12.3. The second-order valence-corrected chi connectivity index (χ2v) is 4.72. The number of carboxylic acid groups (broad SMARTS) is 1. The van der Waals surface area contributed by atoms with Crippen LogP contribution in [0.4, 0.5) is 0 Å². The Labute approximate surface area is 141 Å². The third-order valence-electron chi connectivity index (χ3n) is 3.32. The minimum atomic E-state index is -0.829. The monoisotopic (exact) mass is 275 g/mol. The number of nitrogens with zero attached hydrogens (tertiary/aromatic N) is 1. The first-order chi connectivity index (χ1) is 9.22. The van der Waals surface area contributed by atoms with Crippen LogP contribution < -0.4 is 29.6 Å². The SMILES string of the molecule is O=C(O)C1=Cc2ccc(Cc3cccnc3)cc2C1.[H-].[Na+]. The van der Waals surface area contributed by atoms with Crippen molar-refractivity contribution >= 4 is 12.0 Å². The van der Waals surface area contributed by atoms with Gasteiger partial charge >= 0.3 is 35.5 Å². The summed E-state index contributed by atoms with van der Waals surface area (Å²) in [5.41, 5.74) is 4.93. The number of aromatic nitrogens is 1. The molecule has 20 heavy (non-hydrogen) atoms. The standard InChI is InChI=1S/C16H13NO2.Na.H/c18-16(19)15-8-13-4-3-11(7-14(13)9-15)6-12-2-1-5-17-10-12;;/h1-5,7-8,10H,6,9H2,(H,18,19);;/q;+1;-1. The van der Waals surface area contributed by atoms with Gasteiger partial charge in [-0.2, -0.15) is 0 Å². The van der Waals surface area contributed by atoms with Gasteiger partial charge in [0.05, 0.1) is 0 Å². The van der Waals surface area contributed by atoms with Crippen molar-refractivity contribution in [1.29, 1.82) is 0 Å². The van der Waals surface area contributed by atoms with Crippen LogP contribution in [0.1, 0.15) is 23.7 Å². The number of carbonyl (C=O) groups is 1. The van der Waals surface area contributed by atoms with Gasteiger partial charge in [-0.3, -0.25) is 4.98 Å². The number of rotatable bonds is 3. The van der Waals surface area contributed by atoms with E-state index in [0.29, 0.717) is 12.0 Å². The molecule has 1 N–H and O–H groups in total. The summed E-state index contributed by atoms with van der Waals surface area (Å²) in [7, 11) is 0. The van der Waals surface area contributed by atoms with Crippen LogP contribution in [0.25, 0.3) is 6.08 Å². The van der Waals surface area contributed by atoms with Crippen LogP contribution in [0.15, 0.2) is 48.3 Å². The summed E-state index contributed by atoms with van der Waals surface area (Å²) in [6.45, 7) is 0. The molecule has 2 aromatic rings. The zero-order chi connectivity index (χ0) is 13.2. The summed E-state index contributed by atoms with van der Waals surface area (Å²) < 4.78 is 0. The van der Waals surface area contributed by atoms with E-state index < -0.39 is 5.97 Å². The molecule has 0 atom stereocenters. The average molecular weight is 275 g/mol. The molecule has 0 radical (unpaired) electrons. The predicted molar refractivity (Wildman–Crippen MR) is 73.9 cm³/mol. The van der Waals surface area contributed by atoms with Crippen molar-refractivity contribution in [3.63, 3.8) is 0 Å². The summed E-state index contributed by atoms with van der Waals surface area (Å²) in [6.07, 6.45) is 6.71. The van der Waals surface area contributed by atoms with Crippen molar-refractivity contribution in [2.45, 2.75) is 12.8 Å². The van der Waals surface area contributed by atoms with Crippen molar-refractivity contribution in [3.8, 4) is 0 Å². The van der Waals surface area contributed by atoms with Crippen LogP contribution in [0, 0.1) is 0 Å². The fourth-order valence-corrected chi connectivity index (χ4v) is 2.38. The van der Waals surface area contributed by atoms with Gasteiger partial charge in [-0.05, 0) is 40.8 Å². The molecule has 0 fully saturated rings. The Morgan fingerprint density at radius 3 is 2.85 bits per heavy atom. The third kappa shape index (κ3) is 3.18. The molecule has 0 aliphatic heterocycles. The van der Waals surface area contributed by atoms with Crippen molar-refractivity contribution in [2.75, 3.05) is 0 Å². The molecule has 0 unspecified atom stereocenters. The van der Waals surface area contributed by atoms with Gasteiger partial charge in [0.25, 0.3) is 0 Å². The zero-order valence-electron chi connectivity index (χ0n) is 12.3. The van der Waals surface area contributed by atoms with E-state index in [1.807, 2.05) is 30.5 Å². The Balaban J connectivity index is 0.00000110. The Hall–Kier alpha value is -1.42. The van der Waals surface area contributed by atoms with Crippen LogP contribution in [-0.2, 0) is 17.6 Å². The molecule has 96 valence electrons. The van der Waals surface area contributed by atoms with Gasteiger partial charge in [-0.25, -0.2) is 4.79 Å². The number of hydrogen-bond acceptors (Lipinski definition) is 2. The van der Waals surface area contributed by atoms with Gasteiger partial charge in [-0.1, -0.05) is 24.3 Å². The molecule has 3 rings (SSSR count). The number of carboxylic acids is 1. The van der Waals surface area contributed by atoms with E-state index in [1.165, 1.54) is 5.56 Å². The van der Waals surface area contributed by atoms with Crippen LogP contribution in [-0.4, -0.2) is 16.1 Å². The van der Waals surface area contributed by atoms with Crippen molar-refractivity contribution in [2.24, 2.45) is 0 Å². The fourth-order valence-electron chi connectivity index (χ4n) is 2.38. The Morgan fingerprint density at radius 2 is 2.15 bits per heavy atom. The molecule has 1 aromatic carbocycles. The molecule has 1 aliphatic carbocycles. The van der Waals surface area contributed by atoms with Crippen LogP contribution in [0.5, 0.6) is 0 Å². The summed E-state index contributed by atoms with van der Waals surface area (Å²) in [5.74, 6) is -0.829. The van der Waals surface area contributed by atoms with E-state index in [2.05, 4.69) is 11.1 Å². The number of benzene rings is 1. The van der Waals surface area contributed by atoms with Crippen molar-refractivity contribution in [3.05, 3.63) is 70.6 Å². The maximum absolute atomic E-state index is 11.0. The van der Waals surface area contributed by atoms with Gasteiger partial charge in [0.2, 0.25) is 0 Å². The van der Waals surface area contributed by atoms with Gasteiger partial charge < -0.3 is 6.53 Å². The maximum atomic E-state index is 11.0. The van der Waals surface area contributed by atoms with Gasteiger partial charge in [-0.15, -0.1) is 0 Å². The van der Waals surface area contributed by atoms with Crippen LogP contribution in [0.3, 0.4) is 0 Å². The molecule has 3 nitrogen and oxygen atoms in total. The first-order valence-electron chi connectivity index (χ1n) is 6.17. The molecule has 0 bridgehead atoms. The minimum Gasteiger partial charge on any atom is -1.00 e. The smallest absolute Gasteiger partial charge is 1.00 e. The number of aliphatic carboxylic acids is 1. The van der Waals surface area contributed by atoms with E-state index in [9.17, 15) is 4.79 Å². The molecular formula is C16H14NNaO2. The minimum absolute atomic E-state index is 0. The largest absolute Gasteiger partial charge is 1.00 e. The quantitative estimate of drug-likeness (QED) is 0.790. The van der Waals surface area contributed by atoms with Crippen molar-refractivity contribution in [1.82, 2.24) is 4.98 Å². The molecule has 4 heteroatoms. The van der Waals surface area contributed by atoms with E-state index >= 15 is 0 Å². The molecular weight excluding hydrogens is 261 g/mol. The first kappa shape index (κ1) is 15.0. The van der Waals surface area contributed by atoms with Crippen molar-refractivity contribution < 1.29 is 40.9 Å². The Bertz CT molecular complexity index is 671. The van der Waals surface area contributed by atoms with Gasteiger partial charge in [0, 0.05) is 24.4 Å². The van der Waals surface area contributed by atoms with Gasteiger partial charge in [0.15, 0.2) is 0 Å². The van der Waals surface area contributed by atoms with E-state index in [4.69, 9.17) is 5.11 Å². The van der Waals surface area contributed by atoms with E-state index in [0.717, 1.165) is 23.1 Å². The predicted octanol–water partition coefficient (Wildman–Crippen LogP) is -0.187. The number of hydrogen-bond donors (Lipinski definition) is 1. The molecule has 1 heterocycles. The molecule has 1 aliphatic rings. The third-order valence-corrected chi connectivity index (χ3v) is 3.32. The second-order valence-electron chi connectivity index (χ2n) is 4.72. The molecule has 0 spiro atoms. The molecule has 1 aromatic heterocycles. The topological polar surface area (TPSA) is 50.2 Å². The Morgan fingerprint density at radius 1 is 1.30 bits per heavy atom. The van der Waals surface area contributed by atoms with Crippen LogP contribution in [0.2, 0.25) is 0 Å². The molecule has 0 saturated carbocycles. The Kier molecular flexibility index (Phi) is 4.76. The summed E-state index contributed by atoms with van der Waals surface area (Å²) in [4.78, 5) is 15.1. The van der Waals surface area contributed by atoms with E-state index in [-0.39, 0.29) is 31.0 Å². The number of fused-ring (bicyclic) bond motifs is 1. The van der Waals surface area contributed by atoms with Gasteiger partial charge in [0.1, 0.15) is 0 Å². The molecule has 0 saturated heterocycles. The van der Waals surface area contributed by atoms with Crippen LogP contribution >= 0.6 is 0 Å². The number of pyridine rings is 1. The van der Waals surface area contributed by atoms with E-state index in [1.54, 1.807) is 12.3 Å². The summed E-state index contributed by atoms with van der Waals surface area (Å²) in [5, 5.41) is 9.01. The zero-order valence-corrected chi connectivity index (χ0v) is 13.3. The summed E-state index contributed by atoms with van der Waals surface area (Å²) >= 11 is 0. The maximum Gasteiger partial charge on any atom is 1.00 e. The fraction of sp³-hybridized carbons (Fsp3) is 0.125. The second kappa shape index (κ2) is 6.35. The average Bonchev–Trinajstić information content (AvgIpc) is 2.83. The summed E-state index contributed by atoms with van der Waals surface area (Å²) in [6, 6.07) is 10.1. The molecule has 0 amide bonds. The first-order valence-corrected chi connectivity index (χ1v) is 6.17.